The van der Waals surface area contributed by atoms with Crippen molar-refractivity contribution in [3.05, 3.63) is 36.0 Å². The first-order valence-corrected chi connectivity index (χ1v) is 12.5. The summed E-state index contributed by atoms with van der Waals surface area (Å²) < 4.78 is 0. The lowest BCUT2D eigenvalue weighted by molar-refractivity contribution is -0.121. The number of hydrogen-bond donors (Lipinski definition) is 2. The van der Waals surface area contributed by atoms with Gasteiger partial charge in [0.15, 0.2) is 5.82 Å². The summed E-state index contributed by atoms with van der Waals surface area (Å²) in [6, 6.07) is 7.73. The summed E-state index contributed by atoms with van der Waals surface area (Å²) in [5.41, 5.74) is 2.06. The van der Waals surface area contributed by atoms with E-state index in [0.29, 0.717) is 30.6 Å². The van der Waals surface area contributed by atoms with Crippen LogP contribution in [0.25, 0.3) is 0 Å². The summed E-state index contributed by atoms with van der Waals surface area (Å²) in [7, 11) is 5.84. The third kappa shape index (κ3) is 5.90. The Labute approximate surface area is 207 Å². The molecule has 0 radical (unpaired) electrons. The Balaban J connectivity index is 1.53. The van der Waals surface area contributed by atoms with Gasteiger partial charge in [-0.25, -0.2) is 4.98 Å². The molecule has 2 N–H and O–H groups in total. The number of carbonyl (C=O) groups is 2. The molecule has 1 aliphatic carbocycles. The van der Waals surface area contributed by atoms with Crippen LogP contribution in [0.1, 0.15) is 49.4 Å². The quantitative estimate of drug-likeness (QED) is 0.561. The Morgan fingerprint density at radius 2 is 2.00 bits per heavy atom. The van der Waals surface area contributed by atoms with Crippen LogP contribution in [-0.4, -0.2) is 73.5 Å². The molecule has 4 rings (SSSR count). The minimum Gasteiger partial charge on any atom is -0.352 e. The summed E-state index contributed by atoms with van der Waals surface area (Å²) in [5, 5.41) is 6.24. The normalized spacial score (nSPS) is 18.5. The third-order valence-corrected chi connectivity index (χ3v) is 6.82. The summed E-state index contributed by atoms with van der Waals surface area (Å²) in [6.45, 7) is 4.19. The van der Waals surface area contributed by atoms with Crippen molar-refractivity contribution in [2.24, 2.45) is 5.92 Å². The molecule has 2 aromatic rings. The van der Waals surface area contributed by atoms with Crippen LogP contribution in [0.4, 0.5) is 23.1 Å². The van der Waals surface area contributed by atoms with E-state index < -0.39 is 0 Å². The van der Waals surface area contributed by atoms with E-state index in [1.807, 2.05) is 39.2 Å². The molecule has 1 atom stereocenters. The summed E-state index contributed by atoms with van der Waals surface area (Å²) in [6.07, 6.45) is 7.26. The molecule has 1 aliphatic heterocycles. The fourth-order valence-corrected chi connectivity index (χ4v) is 4.89. The van der Waals surface area contributed by atoms with Crippen molar-refractivity contribution in [2.75, 3.05) is 55.9 Å². The number of nitrogens with zero attached hydrogens (tertiary/aromatic N) is 5. The topological polar surface area (TPSA) is 93.7 Å². The molecule has 35 heavy (non-hydrogen) atoms. The number of carbonyl (C=O) groups excluding carboxylic acids is 2. The van der Waals surface area contributed by atoms with Crippen molar-refractivity contribution in [3.8, 4) is 0 Å². The van der Waals surface area contributed by atoms with Crippen molar-refractivity contribution in [3.63, 3.8) is 0 Å². The van der Waals surface area contributed by atoms with Gasteiger partial charge >= 0.3 is 0 Å². The van der Waals surface area contributed by atoms with Gasteiger partial charge in [-0.05, 0) is 58.1 Å². The largest absolute Gasteiger partial charge is 0.352 e. The van der Waals surface area contributed by atoms with Gasteiger partial charge in [0.05, 0.1) is 12.1 Å². The van der Waals surface area contributed by atoms with Gasteiger partial charge in [-0.3, -0.25) is 9.59 Å². The molecular formula is C26H37N7O2. The average Bonchev–Trinajstić information content (AvgIpc) is 3.36. The standard InChI is InChI=1S/C26H37N7O2/c1-18-17-33(21-11-5-6-12-21)23-22(32(4)25(18)35)16-28-26(30-23)29-20-10-7-9-19(15-20)24(34)27-13-8-14-31(2)3/h7,9-10,15-16,18,21H,5-6,8,11-14,17H2,1-4H3,(H,27,34)(H,28,29,30). The lowest BCUT2D eigenvalue weighted by Gasteiger charge is -2.31. The second kappa shape index (κ2) is 11.0. The van der Waals surface area contributed by atoms with E-state index in [1.54, 1.807) is 24.2 Å². The monoisotopic (exact) mass is 479 g/mol. The fourth-order valence-electron chi connectivity index (χ4n) is 4.89. The van der Waals surface area contributed by atoms with Crippen LogP contribution < -0.4 is 20.4 Å². The molecule has 1 aromatic carbocycles. The fraction of sp³-hybridized carbons (Fsp3) is 0.538. The first-order chi connectivity index (χ1) is 16.8. The summed E-state index contributed by atoms with van der Waals surface area (Å²) >= 11 is 0. The van der Waals surface area contributed by atoms with E-state index in [-0.39, 0.29) is 17.7 Å². The predicted molar refractivity (Wildman–Crippen MR) is 139 cm³/mol. The molecule has 2 amide bonds. The smallest absolute Gasteiger partial charge is 0.251 e. The Bertz CT molecular complexity index is 1050. The lowest BCUT2D eigenvalue weighted by atomic mass is 10.1. The predicted octanol–water partition coefficient (Wildman–Crippen LogP) is 3.26. The molecule has 9 heteroatoms. The Morgan fingerprint density at radius 3 is 2.74 bits per heavy atom. The zero-order chi connectivity index (χ0) is 24.9. The van der Waals surface area contributed by atoms with Crippen molar-refractivity contribution in [1.82, 2.24) is 20.2 Å². The number of aromatic nitrogens is 2. The van der Waals surface area contributed by atoms with E-state index in [0.717, 1.165) is 43.0 Å². The van der Waals surface area contributed by atoms with Crippen LogP contribution >= 0.6 is 0 Å². The van der Waals surface area contributed by atoms with Crippen LogP contribution in [0.15, 0.2) is 30.5 Å². The molecule has 0 spiro atoms. The molecular weight excluding hydrogens is 442 g/mol. The van der Waals surface area contributed by atoms with Crippen LogP contribution in [0.5, 0.6) is 0 Å². The van der Waals surface area contributed by atoms with E-state index in [2.05, 4.69) is 25.4 Å². The number of nitrogens with one attached hydrogen (secondary N) is 2. The Kier molecular flexibility index (Phi) is 7.85. The highest BCUT2D eigenvalue weighted by Gasteiger charge is 2.35. The average molecular weight is 480 g/mol. The number of fused-ring (bicyclic) bond motifs is 1. The number of amides is 2. The van der Waals surface area contributed by atoms with Gasteiger partial charge in [-0.2, -0.15) is 4.98 Å². The second-order valence-electron chi connectivity index (χ2n) is 9.91. The van der Waals surface area contributed by atoms with Gasteiger partial charge in [-0.1, -0.05) is 25.8 Å². The van der Waals surface area contributed by atoms with Crippen LogP contribution in [-0.2, 0) is 4.79 Å². The third-order valence-electron chi connectivity index (χ3n) is 6.82. The molecule has 188 valence electrons. The first-order valence-electron chi connectivity index (χ1n) is 12.5. The summed E-state index contributed by atoms with van der Waals surface area (Å²) in [5.74, 6) is 1.12. The van der Waals surface area contributed by atoms with Crippen LogP contribution in [0.3, 0.4) is 0 Å². The molecule has 2 aliphatic rings. The minimum atomic E-state index is -0.112. The van der Waals surface area contributed by atoms with E-state index in [1.165, 1.54) is 12.8 Å². The zero-order valence-corrected chi connectivity index (χ0v) is 21.3. The van der Waals surface area contributed by atoms with Crippen molar-refractivity contribution >= 4 is 35.0 Å². The van der Waals surface area contributed by atoms with Crippen molar-refractivity contribution in [1.29, 1.82) is 0 Å². The van der Waals surface area contributed by atoms with Gasteiger partial charge in [0.2, 0.25) is 11.9 Å². The van der Waals surface area contributed by atoms with Gasteiger partial charge in [0, 0.05) is 37.4 Å². The number of hydrogen-bond acceptors (Lipinski definition) is 7. The molecule has 1 aromatic heterocycles. The Hall–Kier alpha value is -3.20. The molecule has 0 bridgehead atoms. The van der Waals surface area contributed by atoms with Crippen LogP contribution in [0.2, 0.25) is 0 Å². The molecule has 0 saturated heterocycles. The van der Waals surface area contributed by atoms with E-state index in [4.69, 9.17) is 4.98 Å². The molecule has 9 nitrogen and oxygen atoms in total. The van der Waals surface area contributed by atoms with E-state index >= 15 is 0 Å². The van der Waals surface area contributed by atoms with Crippen molar-refractivity contribution in [2.45, 2.75) is 45.1 Å². The number of benzene rings is 1. The highest BCUT2D eigenvalue weighted by atomic mass is 16.2. The number of rotatable bonds is 8. The van der Waals surface area contributed by atoms with E-state index in [9.17, 15) is 9.59 Å². The first kappa shape index (κ1) is 24.9. The van der Waals surface area contributed by atoms with Gasteiger partial charge < -0.3 is 25.3 Å². The van der Waals surface area contributed by atoms with Crippen LogP contribution in [0, 0.1) is 5.92 Å². The highest BCUT2D eigenvalue weighted by molar-refractivity contribution is 5.99. The maximum atomic E-state index is 12.9. The molecule has 2 heterocycles. The highest BCUT2D eigenvalue weighted by Crippen LogP contribution is 2.37. The molecule has 1 fully saturated rings. The SMILES string of the molecule is CC1CN(C2CCCC2)c2nc(Nc3cccc(C(=O)NCCCN(C)C)c3)ncc2N(C)C1=O. The molecule has 1 unspecified atom stereocenters. The zero-order valence-electron chi connectivity index (χ0n) is 21.3. The minimum absolute atomic E-state index is 0.0837. The van der Waals surface area contributed by atoms with Gasteiger partial charge in [0.25, 0.3) is 5.91 Å². The van der Waals surface area contributed by atoms with Gasteiger partial charge in [-0.15, -0.1) is 0 Å². The maximum absolute atomic E-state index is 12.9. The molecule has 1 saturated carbocycles. The second-order valence-corrected chi connectivity index (χ2v) is 9.91. The summed E-state index contributed by atoms with van der Waals surface area (Å²) in [4.78, 5) is 40.9. The number of anilines is 4. The maximum Gasteiger partial charge on any atom is 0.251 e. The lowest BCUT2D eigenvalue weighted by Crippen LogP contribution is -2.38. The van der Waals surface area contributed by atoms with Crippen molar-refractivity contribution < 1.29 is 9.59 Å². The van der Waals surface area contributed by atoms with Gasteiger partial charge in [0.1, 0.15) is 5.69 Å². The Morgan fingerprint density at radius 1 is 1.23 bits per heavy atom.